The van der Waals surface area contributed by atoms with Crippen LogP contribution in [0, 0.1) is 17.8 Å². The summed E-state index contributed by atoms with van der Waals surface area (Å²) in [5, 5.41) is 15.5. The lowest BCUT2D eigenvalue weighted by Gasteiger charge is -2.31. The van der Waals surface area contributed by atoms with Crippen LogP contribution in [0.4, 0.5) is 24.5 Å². The molecule has 1 aliphatic heterocycles. The highest BCUT2D eigenvalue weighted by Gasteiger charge is 2.30. The first-order valence-electron chi connectivity index (χ1n) is 13.8. The number of rotatable bonds is 10. The van der Waals surface area contributed by atoms with Gasteiger partial charge in [-0.25, -0.2) is 8.42 Å². The van der Waals surface area contributed by atoms with E-state index < -0.39 is 22.6 Å². The second-order valence-corrected chi connectivity index (χ2v) is 12.5. The van der Waals surface area contributed by atoms with Gasteiger partial charge in [0.05, 0.1) is 47.7 Å². The number of β-amino-alcohol motifs (C(OH)–C–C–N with tert-alkyl or cyclic N) is 1. The molecule has 1 amide bonds. The minimum atomic E-state index is -4.50. The van der Waals surface area contributed by atoms with Crippen LogP contribution >= 0.6 is 0 Å². The number of hydrogen-bond donors (Lipinski definition) is 3. The van der Waals surface area contributed by atoms with E-state index in [1.54, 1.807) is 24.3 Å². The third-order valence-corrected chi connectivity index (χ3v) is 8.45. The van der Waals surface area contributed by atoms with Crippen molar-refractivity contribution in [3.05, 3.63) is 48.2 Å². The molecule has 0 bridgehead atoms. The van der Waals surface area contributed by atoms with Gasteiger partial charge in [-0.15, -0.1) is 0 Å². The summed E-state index contributed by atoms with van der Waals surface area (Å²) in [6.07, 6.45) is -1.44. The lowest BCUT2D eigenvalue weighted by Crippen LogP contribution is -2.36. The Labute approximate surface area is 248 Å². The highest BCUT2D eigenvalue weighted by molar-refractivity contribution is 7.90. The number of benzene rings is 2. The molecule has 0 aliphatic carbocycles. The van der Waals surface area contributed by atoms with Crippen LogP contribution in [0.2, 0.25) is 0 Å². The molecule has 1 aliphatic rings. The van der Waals surface area contributed by atoms with Crippen molar-refractivity contribution in [1.29, 1.82) is 0 Å². The van der Waals surface area contributed by atoms with Crippen molar-refractivity contribution in [1.82, 2.24) is 9.47 Å². The molecule has 9 nitrogen and oxygen atoms in total. The van der Waals surface area contributed by atoms with Gasteiger partial charge in [-0.3, -0.25) is 4.79 Å². The molecule has 3 N–H and O–H groups in total. The van der Waals surface area contributed by atoms with Crippen LogP contribution in [0.25, 0.3) is 10.9 Å². The number of carbonyl (C=O) groups is 1. The van der Waals surface area contributed by atoms with E-state index in [1.165, 1.54) is 25.3 Å². The van der Waals surface area contributed by atoms with Gasteiger partial charge >= 0.3 is 6.18 Å². The molecule has 13 heteroatoms. The van der Waals surface area contributed by atoms with Gasteiger partial charge in [-0.2, -0.15) is 13.2 Å². The van der Waals surface area contributed by atoms with Crippen molar-refractivity contribution in [2.24, 2.45) is 5.92 Å². The van der Waals surface area contributed by atoms with E-state index in [1.807, 2.05) is 0 Å². The van der Waals surface area contributed by atoms with Crippen molar-refractivity contribution in [3.8, 4) is 17.6 Å². The van der Waals surface area contributed by atoms with Crippen molar-refractivity contribution >= 4 is 38.0 Å². The molecular weight excluding hydrogens is 585 g/mol. The third-order valence-electron chi connectivity index (χ3n) is 7.34. The first-order chi connectivity index (χ1) is 20.4. The van der Waals surface area contributed by atoms with Gasteiger partial charge in [0.2, 0.25) is 5.91 Å². The van der Waals surface area contributed by atoms with Crippen molar-refractivity contribution in [2.75, 3.05) is 56.8 Å². The molecule has 2 aromatic carbocycles. The summed E-state index contributed by atoms with van der Waals surface area (Å²) in [5.41, 5.74) is 1.32. The second-order valence-electron chi connectivity index (χ2n) is 10.5. The molecule has 0 spiro atoms. The molecule has 43 heavy (non-hydrogen) atoms. The number of amides is 1. The topological polar surface area (TPSA) is 113 Å². The molecule has 0 unspecified atom stereocenters. The van der Waals surface area contributed by atoms with Crippen molar-refractivity contribution < 1.29 is 36.2 Å². The number of sulfone groups is 1. The molecular formula is C30H35F3N4O5S. The molecule has 232 valence electrons. The number of alkyl halides is 3. The molecule has 3 aromatic rings. The minimum Gasteiger partial charge on any atom is -0.495 e. The van der Waals surface area contributed by atoms with Gasteiger partial charge < -0.3 is 29.9 Å². The van der Waals surface area contributed by atoms with E-state index in [4.69, 9.17) is 9.84 Å². The van der Waals surface area contributed by atoms with Gasteiger partial charge in [-0.1, -0.05) is 12.0 Å². The Morgan fingerprint density at radius 3 is 2.53 bits per heavy atom. The Kier molecular flexibility index (Phi) is 10.3. The average molecular weight is 621 g/mol. The zero-order chi connectivity index (χ0) is 31.2. The molecule has 0 saturated carbocycles. The highest BCUT2D eigenvalue weighted by atomic mass is 32.2. The maximum Gasteiger partial charge on any atom is 0.406 e. The normalized spacial score (nSPS) is 14.7. The summed E-state index contributed by atoms with van der Waals surface area (Å²) in [6, 6.07) is 10.7. The number of anilines is 2. The standard InChI is InChI=1S/C30H35F3N4O5S/c1-42-28-19-23(43(2,40)41)8-9-26(28)34-12-4-5-22-18-24-25(6-3-7-27(24)37(22)20-30(31,32)33)35-29(39)17-21-10-13-36(14-11-21)15-16-38/h3,6-9,18-19,21,34,38H,10-17,20H2,1-2H3,(H,35,39). The van der Waals surface area contributed by atoms with Crippen LogP contribution in [0.1, 0.15) is 25.0 Å². The molecule has 2 heterocycles. The zero-order valence-corrected chi connectivity index (χ0v) is 24.8. The molecule has 1 fully saturated rings. The lowest BCUT2D eigenvalue weighted by atomic mass is 9.93. The van der Waals surface area contributed by atoms with Gasteiger partial charge in [0.15, 0.2) is 9.84 Å². The number of aliphatic hydroxyl groups is 1. The second kappa shape index (κ2) is 13.7. The van der Waals surface area contributed by atoms with E-state index in [2.05, 4.69) is 27.4 Å². The van der Waals surface area contributed by atoms with Crippen LogP contribution < -0.4 is 15.4 Å². The van der Waals surface area contributed by atoms with Gasteiger partial charge in [0.1, 0.15) is 12.3 Å². The fourth-order valence-corrected chi connectivity index (χ4v) is 5.82. The summed E-state index contributed by atoms with van der Waals surface area (Å²) in [4.78, 5) is 15.1. The number of carbonyl (C=O) groups excluding carboxylic acids is 1. The summed E-state index contributed by atoms with van der Waals surface area (Å²) < 4.78 is 70.7. The Morgan fingerprint density at radius 1 is 1.14 bits per heavy atom. The van der Waals surface area contributed by atoms with E-state index in [0.717, 1.165) is 36.8 Å². The third kappa shape index (κ3) is 8.65. The monoisotopic (exact) mass is 620 g/mol. The minimum absolute atomic E-state index is 0.0445. The molecule has 1 saturated heterocycles. The number of likely N-dealkylation sites (tertiary alicyclic amines) is 1. The maximum atomic E-state index is 13.6. The van der Waals surface area contributed by atoms with E-state index >= 15 is 0 Å². The van der Waals surface area contributed by atoms with Gasteiger partial charge in [0, 0.05) is 30.7 Å². The summed E-state index contributed by atoms with van der Waals surface area (Å²) in [7, 11) is -2.04. The largest absolute Gasteiger partial charge is 0.495 e. The molecule has 1 aromatic heterocycles. The van der Waals surface area contributed by atoms with Crippen LogP contribution in [-0.4, -0.2) is 81.2 Å². The predicted molar refractivity (Wildman–Crippen MR) is 159 cm³/mol. The van der Waals surface area contributed by atoms with Gasteiger partial charge in [-0.05, 0) is 68.1 Å². The number of ether oxygens (including phenoxy) is 1. The SMILES string of the molecule is COc1cc(S(C)(=O)=O)ccc1NCC#Cc1cc2c(NC(=O)CC3CCN(CCO)CC3)cccc2n1CC(F)(F)F. The Bertz CT molecular complexity index is 1620. The predicted octanol–water partition coefficient (Wildman–Crippen LogP) is 4.11. The Hall–Kier alpha value is -3.73. The number of aliphatic hydroxyl groups excluding tert-OH is 1. The number of methoxy groups -OCH3 is 1. The highest BCUT2D eigenvalue weighted by Crippen LogP contribution is 2.31. The van der Waals surface area contributed by atoms with Gasteiger partial charge in [0.25, 0.3) is 0 Å². The summed E-state index contributed by atoms with van der Waals surface area (Å²) in [5.74, 6) is 5.91. The number of fused-ring (bicyclic) bond motifs is 1. The Morgan fingerprint density at radius 2 is 1.88 bits per heavy atom. The van der Waals surface area contributed by atoms with Crippen LogP contribution in [0.5, 0.6) is 5.75 Å². The van der Waals surface area contributed by atoms with E-state index in [9.17, 15) is 26.4 Å². The Balaban J connectivity index is 1.52. The van der Waals surface area contributed by atoms with E-state index in [0.29, 0.717) is 35.2 Å². The molecule has 0 radical (unpaired) electrons. The van der Waals surface area contributed by atoms with Crippen LogP contribution in [-0.2, 0) is 21.2 Å². The van der Waals surface area contributed by atoms with Crippen molar-refractivity contribution in [2.45, 2.75) is 36.9 Å². The van der Waals surface area contributed by atoms with Crippen LogP contribution in [0.15, 0.2) is 47.4 Å². The lowest BCUT2D eigenvalue weighted by molar-refractivity contribution is -0.140. The first kappa shape index (κ1) is 32.2. The smallest absolute Gasteiger partial charge is 0.406 e. The molecule has 4 rings (SSSR count). The average Bonchev–Trinajstić information content (AvgIpc) is 3.28. The first-order valence-corrected chi connectivity index (χ1v) is 15.7. The van der Waals surface area contributed by atoms with Crippen molar-refractivity contribution in [3.63, 3.8) is 0 Å². The van der Waals surface area contributed by atoms with Crippen LogP contribution in [0.3, 0.4) is 0 Å². The number of aromatic nitrogens is 1. The zero-order valence-electron chi connectivity index (χ0n) is 24.0. The summed E-state index contributed by atoms with van der Waals surface area (Å²) >= 11 is 0. The number of nitrogens with zero attached hydrogens (tertiary/aromatic N) is 2. The fraction of sp³-hybridized carbons (Fsp3) is 0.433. The quantitative estimate of drug-likeness (QED) is 0.293. The maximum absolute atomic E-state index is 13.6. The number of hydrogen-bond acceptors (Lipinski definition) is 7. The number of nitrogens with one attached hydrogen (secondary N) is 2. The fourth-order valence-electron chi connectivity index (χ4n) is 5.19. The van der Waals surface area contributed by atoms with E-state index in [-0.39, 0.29) is 41.3 Å². The number of halogens is 3. The number of piperidine rings is 1. The molecule has 0 atom stereocenters. The summed E-state index contributed by atoms with van der Waals surface area (Å²) in [6.45, 7) is 1.13.